The quantitative estimate of drug-likeness (QED) is 0.317. The average molecular weight is 422 g/mol. The summed E-state index contributed by atoms with van der Waals surface area (Å²) in [6.45, 7) is 2.64. The maximum atomic E-state index is 13.1. The van der Waals surface area contributed by atoms with Crippen molar-refractivity contribution in [3.63, 3.8) is 0 Å². The molecule has 0 spiro atoms. The first-order valence-corrected chi connectivity index (χ1v) is 9.17. The molecule has 160 valence electrons. The highest BCUT2D eigenvalue weighted by atomic mass is 19.4. The number of nitrogens with zero attached hydrogens (tertiary/aromatic N) is 4. The van der Waals surface area contributed by atoms with Gasteiger partial charge < -0.3 is 16.0 Å². The van der Waals surface area contributed by atoms with Gasteiger partial charge >= 0.3 is 12.2 Å². The molecule has 1 aliphatic rings. The number of amides is 3. The van der Waals surface area contributed by atoms with Gasteiger partial charge in [0.15, 0.2) is 0 Å². The van der Waals surface area contributed by atoms with Crippen LogP contribution in [0.2, 0.25) is 0 Å². The monoisotopic (exact) mass is 422 g/mol. The second kappa shape index (κ2) is 9.78. The number of anilines is 1. The summed E-state index contributed by atoms with van der Waals surface area (Å²) in [7, 11) is 0. The Balaban J connectivity index is 2.35. The van der Waals surface area contributed by atoms with Crippen molar-refractivity contribution in [1.29, 1.82) is 5.26 Å². The lowest BCUT2D eigenvalue weighted by Crippen LogP contribution is -2.39. The van der Waals surface area contributed by atoms with Gasteiger partial charge in [0.2, 0.25) is 5.96 Å². The molecular formula is C19H21F3N6O2. The van der Waals surface area contributed by atoms with Crippen molar-refractivity contribution in [2.45, 2.75) is 25.9 Å². The Bertz CT molecular complexity index is 904. The third kappa shape index (κ3) is 5.50. The van der Waals surface area contributed by atoms with E-state index in [0.29, 0.717) is 19.4 Å². The van der Waals surface area contributed by atoms with E-state index in [1.807, 2.05) is 6.92 Å². The minimum Gasteiger partial charge on any atom is -0.369 e. The number of nitriles is 1. The zero-order valence-electron chi connectivity index (χ0n) is 16.2. The molecule has 0 atom stereocenters. The van der Waals surface area contributed by atoms with Crippen LogP contribution in [0.3, 0.4) is 0 Å². The van der Waals surface area contributed by atoms with E-state index in [-0.39, 0.29) is 24.7 Å². The number of halogens is 3. The molecule has 0 radical (unpaired) electrons. The van der Waals surface area contributed by atoms with Gasteiger partial charge in [-0.25, -0.2) is 9.79 Å². The normalized spacial score (nSPS) is 15.0. The van der Waals surface area contributed by atoms with Gasteiger partial charge in [-0.2, -0.15) is 18.4 Å². The minimum absolute atomic E-state index is 0.0142. The predicted molar refractivity (Wildman–Crippen MR) is 104 cm³/mol. The maximum Gasteiger partial charge on any atom is 0.416 e. The number of carbonyl (C=O) groups is 2. The third-order valence-electron chi connectivity index (χ3n) is 4.28. The molecule has 8 nitrogen and oxygen atoms in total. The van der Waals surface area contributed by atoms with Gasteiger partial charge in [-0.15, -0.1) is 0 Å². The largest absolute Gasteiger partial charge is 0.416 e. The van der Waals surface area contributed by atoms with Crippen molar-refractivity contribution in [2.75, 3.05) is 24.5 Å². The molecule has 1 aliphatic heterocycles. The van der Waals surface area contributed by atoms with E-state index in [1.165, 1.54) is 12.1 Å². The van der Waals surface area contributed by atoms with Crippen molar-refractivity contribution in [3.8, 4) is 6.07 Å². The van der Waals surface area contributed by atoms with E-state index in [0.717, 1.165) is 28.1 Å². The summed E-state index contributed by atoms with van der Waals surface area (Å²) in [6, 6.07) is 5.56. The summed E-state index contributed by atoms with van der Waals surface area (Å²) in [5.74, 6) is -1.02. The molecule has 0 aliphatic carbocycles. The average Bonchev–Trinajstić information content (AvgIpc) is 3.14. The van der Waals surface area contributed by atoms with E-state index in [1.54, 1.807) is 6.07 Å². The van der Waals surface area contributed by atoms with Gasteiger partial charge in [0.1, 0.15) is 11.6 Å². The van der Waals surface area contributed by atoms with Crippen molar-refractivity contribution in [1.82, 2.24) is 10.2 Å². The predicted octanol–water partition coefficient (Wildman–Crippen LogP) is 2.59. The molecule has 0 unspecified atom stereocenters. The highest BCUT2D eigenvalue weighted by Gasteiger charge is 2.31. The zero-order chi connectivity index (χ0) is 22.3. The van der Waals surface area contributed by atoms with Crippen LogP contribution in [0.1, 0.15) is 25.3 Å². The van der Waals surface area contributed by atoms with Gasteiger partial charge in [0.25, 0.3) is 5.91 Å². The van der Waals surface area contributed by atoms with Crippen LogP contribution in [-0.2, 0) is 11.0 Å². The maximum absolute atomic E-state index is 13.1. The molecule has 3 amide bonds. The first kappa shape index (κ1) is 22.7. The van der Waals surface area contributed by atoms with Crippen LogP contribution in [0, 0.1) is 11.3 Å². The van der Waals surface area contributed by atoms with Crippen LogP contribution in [0.25, 0.3) is 0 Å². The number of aliphatic imine (C=N–C) groups is 1. The van der Waals surface area contributed by atoms with Crippen molar-refractivity contribution < 1.29 is 22.8 Å². The minimum atomic E-state index is -4.57. The van der Waals surface area contributed by atoms with Gasteiger partial charge in [-0.3, -0.25) is 9.69 Å². The summed E-state index contributed by atoms with van der Waals surface area (Å²) in [6.07, 6.45) is -2.46. The number of urea groups is 1. The lowest BCUT2D eigenvalue weighted by molar-refractivity contribution is -0.137. The molecule has 1 fully saturated rings. The van der Waals surface area contributed by atoms with Crippen LogP contribution < -0.4 is 16.0 Å². The summed E-state index contributed by atoms with van der Waals surface area (Å²) in [5, 5.41) is 11.9. The lowest BCUT2D eigenvalue weighted by atomic mass is 10.1. The second-order valence-electron chi connectivity index (χ2n) is 6.38. The summed E-state index contributed by atoms with van der Waals surface area (Å²) >= 11 is 0. The Morgan fingerprint density at radius 2 is 2.20 bits per heavy atom. The van der Waals surface area contributed by atoms with Gasteiger partial charge in [-0.1, -0.05) is 19.4 Å². The Morgan fingerprint density at radius 3 is 2.77 bits per heavy atom. The molecule has 1 saturated heterocycles. The second-order valence-corrected chi connectivity index (χ2v) is 6.38. The van der Waals surface area contributed by atoms with Gasteiger partial charge in [0.05, 0.1) is 11.8 Å². The molecule has 1 heterocycles. The van der Waals surface area contributed by atoms with E-state index >= 15 is 0 Å². The first-order valence-electron chi connectivity index (χ1n) is 9.17. The van der Waals surface area contributed by atoms with Crippen LogP contribution >= 0.6 is 0 Å². The molecule has 11 heteroatoms. The number of hydrogen-bond acceptors (Lipinski definition) is 4. The van der Waals surface area contributed by atoms with Crippen LogP contribution in [-0.4, -0.2) is 42.4 Å². The van der Waals surface area contributed by atoms with Gasteiger partial charge in [0, 0.05) is 25.3 Å². The number of carbonyl (C=O) groups excluding carboxylic acids is 2. The Kier molecular flexibility index (Phi) is 7.41. The number of guanidine groups is 1. The molecule has 1 aromatic rings. The van der Waals surface area contributed by atoms with Crippen LogP contribution in [0.4, 0.5) is 23.7 Å². The molecule has 3 N–H and O–H groups in total. The fourth-order valence-electron chi connectivity index (χ4n) is 2.68. The standard InChI is InChI=1S/C19H21F3N6O2/c1-2-3-8-27(15-6-4-5-14(10-15)19(20,21)22)16(29)13(11-23)12-26-17(24)28-9-7-25-18(28)30/h4-6,10,12H,2-3,7-9H2,1H3,(H2,24,26)(H,25,30). The number of nitrogens with two attached hydrogens (primary N) is 1. The van der Waals surface area contributed by atoms with E-state index in [4.69, 9.17) is 5.73 Å². The number of unbranched alkanes of at least 4 members (excludes halogenated alkanes) is 1. The molecule has 1 aromatic carbocycles. The smallest absolute Gasteiger partial charge is 0.369 e. The highest BCUT2D eigenvalue weighted by molar-refractivity contribution is 6.08. The molecule has 0 aromatic heterocycles. The molecule has 2 rings (SSSR count). The number of alkyl halides is 3. The first-order chi connectivity index (χ1) is 14.2. The highest BCUT2D eigenvalue weighted by Crippen LogP contribution is 2.32. The Labute approximate surface area is 171 Å². The Hall–Kier alpha value is -3.55. The topological polar surface area (TPSA) is 115 Å². The van der Waals surface area contributed by atoms with E-state index in [9.17, 15) is 28.0 Å². The third-order valence-corrected chi connectivity index (χ3v) is 4.28. The summed E-state index contributed by atoms with van der Waals surface area (Å²) in [4.78, 5) is 30.5. The fraction of sp³-hybridized carbons (Fsp3) is 0.368. The van der Waals surface area contributed by atoms with E-state index in [2.05, 4.69) is 10.3 Å². The van der Waals surface area contributed by atoms with Crippen LogP contribution in [0.15, 0.2) is 41.0 Å². The van der Waals surface area contributed by atoms with Crippen molar-refractivity contribution >= 4 is 23.6 Å². The van der Waals surface area contributed by atoms with Crippen molar-refractivity contribution in [2.24, 2.45) is 10.7 Å². The van der Waals surface area contributed by atoms with Gasteiger partial charge in [-0.05, 0) is 24.6 Å². The molecule has 0 saturated carbocycles. The number of rotatable bonds is 6. The van der Waals surface area contributed by atoms with E-state index < -0.39 is 29.3 Å². The zero-order valence-corrected chi connectivity index (χ0v) is 16.2. The summed E-state index contributed by atoms with van der Waals surface area (Å²) in [5.41, 5.74) is 4.40. The van der Waals surface area contributed by atoms with Crippen molar-refractivity contribution in [3.05, 3.63) is 41.6 Å². The Morgan fingerprint density at radius 1 is 1.47 bits per heavy atom. The summed E-state index contributed by atoms with van der Waals surface area (Å²) < 4.78 is 39.2. The van der Waals surface area contributed by atoms with Crippen LogP contribution in [0.5, 0.6) is 0 Å². The number of nitrogens with one attached hydrogen (secondary N) is 1. The molecule has 30 heavy (non-hydrogen) atoms. The lowest BCUT2D eigenvalue weighted by Gasteiger charge is -2.23. The molecular weight excluding hydrogens is 401 g/mol. The number of hydrogen-bond donors (Lipinski definition) is 2. The number of benzene rings is 1. The fourth-order valence-corrected chi connectivity index (χ4v) is 2.68. The SMILES string of the molecule is CCCCN(C(=O)C(C#N)=CN=C(N)N1CCNC1=O)c1cccc(C(F)(F)F)c1. The molecule has 0 bridgehead atoms.